The van der Waals surface area contributed by atoms with E-state index >= 15 is 0 Å². The molecule has 36 heavy (non-hydrogen) atoms. The van der Waals surface area contributed by atoms with Gasteiger partial charge in [-0.15, -0.1) is 0 Å². The lowest BCUT2D eigenvalue weighted by Gasteiger charge is -2.18. The molecule has 3 aromatic rings. The summed E-state index contributed by atoms with van der Waals surface area (Å²) in [5.41, 5.74) is 2.12. The Hall–Kier alpha value is -4.04. The third-order valence-electron chi connectivity index (χ3n) is 5.42. The van der Waals surface area contributed by atoms with E-state index < -0.39 is 17.8 Å². The molecule has 2 amide bonds. The molecule has 0 radical (unpaired) electrons. The number of esters is 1. The number of aryl methyl sites for hydroxylation is 1. The number of ether oxygens (including phenoxy) is 2. The van der Waals surface area contributed by atoms with Crippen molar-refractivity contribution < 1.29 is 23.9 Å². The smallest absolute Gasteiger partial charge is 0.340 e. The fraction of sp³-hybridized carbons (Fsp3) is 0.179. The normalized spacial score (nSPS) is 13.2. The van der Waals surface area contributed by atoms with E-state index in [-0.39, 0.29) is 28.5 Å². The topological polar surface area (TPSA) is 84.9 Å². The minimum Gasteiger partial charge on any atom is -0.497 e. The summed E-state index contributed by atoms with van der Waals surface area (Å²) >= 11 is 1.19. The molecule has 0 spiro atoms. The average Bonchev–Trinajstić information content (AvgIpc) is 3.12. The van der Waals surface area contributed by atoms with Gasteiger partial charge in [-0.05, 0) is 49.7 Å². The molecule has 0 atom stereocenters. The molecular weight excluding hydrogens is 476 g/mol. The second-order valence-electron chi connectivity index (χ2n) is 8.07. The lowest BCUT2D eigenvalue weighted by Crippen LogP contribution is -2.33. The first-order valence-corrected chi connectivity index (χ1v) is 12.3. The van der Waals surface area contributed by atoms with Crippen molar-refractivity contribution in [3.8, 4) is 5.75 Å². The van der Waals surface area contributed by atoms with E-state index in [9.17, 15) is 14.4 Å². The van der Waals surface area contributed by atoms with Crippen LogP contribution in [0.25, 0.3) is 0 Å². The number of hydrogen-bond donors (Lipinski definition) is 1. The predicted octanol–water partition coefficient (Wildman–Crippen LogP) is 5.56. The van der Waals surface area contributed by atoms with Crippen LogP contribution in [-0.4, -0.2) is 31.5 Å². The Morgan fingerprint density at radius 2 is 1.72 bits per heavy atom. The molecule has 0 bridgehead atoms. The number of nitrogens with zero attached hydrogens (tertiary/aromatic N) is 1. The van der Waals surface area contributed by atoms with E-state index in [0.717, 1.165) is 15.4 Å². The van der Waals surface area contributed by atoms with Gasteiger partial charge < -0.3 is 14.8 Å². The van der Waals surface area contributed by atoms with Crippen molar-refractivity contribution in [2.45, 2.75) is 25.2 Å². The van der Waals surface area contributed by atoms with Crippen LogP contribution in [0, 0.1) is 6.92 Å². The van der Waals surface area contributed by atoms with Gasteiger partial charge in [0.25, 0.3) is 11.8 Å². The van der Waals surface area contributed by atoms with Gasteiger partial charge in [0.2, 0.25) is 0 Å². The minimum absolute atomic E-state index is 0.121. The lowest BCUT2D eigenvalue weighted by molar-refractivity contribution is -0.120. The Kier molecular flexibility index (Phi) is 7.75. The fourth-order valence-corrected chi connectivity index (χ4v) is 4.54. The Morgan fingerprint density at radius 1 is 0.972 bits per heavy atom. The Bertz CT molecular complexity index is 1330. The molecule has 1 aliphatic heterocycles. The second kappa shape index (κ2) is 11.1. The highest BCUT2D eigenvalue weighted by Crippen LogP contribution is 2.39. The number of rotatable bonds is 9. The molecule has 0 saturated heterocycles. The summed E-state index contributed by atoms with van der Waals surface area (Å²) in [6.07, 6.45) is 0.656. The zero-order chi connectivity index (χ0) is 25.7. The SMILES string of the molecule is CCCOC(=O)c1ccccc1N1C(=O)C(Nc2cccc(OC)c2)=C(Sc2ccc(C)cc2)C1=O. The zero-order valence-corrected chi connectivity index (χ0v) is 21.1. The third-order valence-corrected chi connectivity index (χ3v) is 6.51. The van der Waals surface area contributed by atoms with Gasteiger partial charge in [-0.2, -0.15) is 0 Å². The predicted molar refractivity (Wildman–Crippen MR) is 140 cm³/mol. The molecule has 0 unspecified atom stereocenters. The van der Waals surface area contributed by atoms with Crippen molar-refractivity contribution in [2.75, 3.05) is 23.9 Å². The van der Waals surface area contributed by atoms with Crippen LogP contribution in [0.4, 0.5) is 11.4 Å². The van der Waals surface area contributed by atoms with E-state index in [4.69, 9.17) is 9.47 Å². The molecule has 0 fully saturated rings. The number of anilines is 2. The molecule has 0 aliphatic carbocycles. The Morgan fingerprint density at radius 3 is 2.44 bits per heavy atom. The van der Waals surface area contributed by atoms with E-state index in [1.165, 1.54) is 11.8 Å². The number of thioether (sulfide) groups is 1. The van der Waals surface area contributed by atoms with Gasteiger partial charge in [0.1, 0.15) is 16.4 Å². The van der Waals surface area contributed by atoms with E-state index in [2.05, 4.69) is 5.32 Å². The maximum Gasteiger partial charge on any atom is 0.340 e. The molecule has 8 heteroatoms. The highest BCUT2D eigenvalue weighted by molar-refractivity contribution is 8.04. The summed E-state index contributed by atoms with van der Waals surface area (Å²) in [5, 5.41) is 3.11. The quantitative estimate of drug-likeness (QED) is 0.303. The molecule has 0 saturated carbocycles. The fourth-order valence-electron chi connectivity index (χ4n) is 3.62. The number of carbonyl (C=O) groups is 3. The lowest BCUT2D eigenvalue weighted by atomic mass is 10.1. The van der Waals surface area contributed by atoms with Crippen LogP contribution < -0.4 is 15.0 Å². The van der Waals surface area contributed by atoms with Crippen LogP contribution in [0.3, 0.4) is 0 Å². The first kappa shape index (κ1) is 25.1. The van der Waals surface area contributed by atoms with Gasteiger partial charge in [0.15, 0.2) is 0 Å². The van der Waals surface area contributed by atoms with Crippen molar-refractivity contribution in [1.82, 2.24) is 0 Å². The molecule has 7 nitrogen and oxygen atoms in total. The van der Waals surface area contributed by atoms with E-state index in [1.807, 2.05) is 38.1 Å². The maximum absolute atomic E-state index is 13.7. The number of benzene rings is 3. The summed E-state index contributed by atoms with van der Waals surface area (Å²) < 4.78 is 10.6. The average molecular weight is 503 g/mol. The summed E-state index contributed by atoms with van der Waals surface area (Å²) in [6, 6.07) is 21.2. The molecule has 184 valence electrons. The van der Waals surface area contributed by atoms with E-state index in [1.54, 1.807) is 55.6 Å². The molecule has 1 aliphatic rings. The third kappa shape index (κ3) is 5.28. The number of imide groups is 1. The molecule has 1 heterocycles. The van der Waals surface area contributed by atoms with Crippen molar-refractivity contribution in [1.29, 1.82) is 0 Å². The van der Waals surface area contributed by atoms with Crippen molar-refractivity contribution in [3.63, 3.8) is 0 Å². The number of nitrogens with one attached hydrogen (secondary N) is 1. The maximum atomic E-state index is 13.7. The monoisotopic (exact) mass is 502 g/mol. The Balaban J connectivity index is 1.75. The van der Waals surface area contributed by atoms with Crippen LogP contribution in [-0.2, 0) is 14.3 Å². The van der Waals surface area contributed by atoms with Crippen molar-refractivity contribution in [2.24, 2.45) is 0 Å². The number of para-hydroxylation sites is 1. The molecule has 3 aromatic carbocycles. The van der Waals surface area contributed by atoms with Crippen LogP contribution in [0.1, 0.15) is 29.3 Å². The van der Waals surface area contributed by atoms with Gasteiger partial charge in [0, 0.05) is 16.6 Å². The van der Waals surface area contributed by atoms with Crippen LogP contribution in [0.15, 0.2) is 88.3 Å². The van der Waals surface area contributed by atoms with Crippen LogP contribution in [0.2, 0.25) is 0 Å². The molecular formula is C28H26N2O5S. The number of amides is 2. The summed E-state index contributed by atoms with van der Waals surface area (Å²) in [4.78, 5) is 42.2. The largest absolute Gasteiger partial charge is 0.497 e. The summed E-state index contributed by atoms with van der Waals surface area (Å²) in [6.45, 7) is 4.11. The number of hydrogen-bond acceptors (Lipinski definition) is 7. The van der Waals surface area contributed by atoms with Gasteiger partial charge in [0.05, 0.1) is 25.0 Å². The zero-order valence-electron chi connectivity index (χ0n) is 20.2. The van der Waals surface area contributed by atoms with Crippen molar-refractivity contribution in [3.05, 3.63) is 94.5 Å². The highest BCUT2D eigenvalue weighted by Gasteiger charge is 2.41. The standard InChI is InChI=1S/C28H26N2O5S/c1-4-16-35-28(33)22-10-5-6-11-23(22)30-26(31)24(29-19-8-7-9-20(17-19)34-3)25(27(30)32)36-21-14-12-18(2)13-15-21/h5-15,17,29H,4,16H2,1-3H3. The molecule has 1 N–H and O–H groups in total. The number of carbonyl (C=O) groups excluding carboxylic acids is 3. The highest BCUT2D eigenvalue weighted by atomic mass is 32.2. The summed E-state index contributed by atoms with van der Waals surface area (Å²) in [5.74, 6) is -1.07. The molecule has 0 aromatic heterocycles. The van der Waals surface area contributed by atoms with Gasteiger partial charge in [-0.25, -0.2) is 9.69 Å². The second-order valence-corrected chi connectivity index (χ2v) is 9.16. The first-order valence-electron chi connectivity index (χ1n) is 11.5. The molecule has 4 rings (SSSR count). The first-order chi connectivity index (χ1) is 17.4. The van der Waals surface area contributed by atoms with Gasteiger partial charge in [-0.3, -0.25) is 9.59 Å². The van der Waals surface area contributed by atoms with Gasteiger partial charge in [-0.1, -0.05) is 54.6 Å². The van der Waals surface area contributed by atoms with Crippen LogP contribution in [0.5, 0.6) is 5.75 Å². The van der Waals surface area contributed by atoms with Gasteiger partial charge >= 0.3 is 5.97 Å². The Labute approximate surface area is 214 Å². The number of methoxy groups -OCH3 is 1. The minimum atomic E-state index is -0.588. The van der Waals surface area contributed by atoms with Crippen LogP contribution >= 0.6 is 11.8 Å². The van der Waals surface area contributed by atoms with Crippen molar-refractivity contribution >= 4 is 40.9 Å². The summed E-state index contributed by atoms with van der Waals surface area (Å²) in [7, 11) is 1.55. The van der Waals surface area contributed by atoms with E-state index in [0.29, 0.717) is 17.9 Å².